The largest absolute Gasteiger partial charge is 0.481 e. The summed E-state index contributed by atoms with van der Waals surface area (Å²) in [4.78, 5) is 15.8. The lowest BCUT2D eigenvalue weighted by molar-refractivity contribution is -0.142. The van der Waals surface area contributed by atoms with Gasteiger partial charge in [0.15, 0.2) is 0 Å². The van der Waals surface area contributed by atoms with Crippen LogP contribution in [0.3, 0.4) is 0 Å². The molecule has 0 spiro atoms. The molecule has 2 rings (SSSR count). The molecule has 1 aromatic rings. The van der Waals surface area contributed by atoms with Gasteiger partial charge in [-0.2, -0.15) is 18.4 Å². The van der Waals surface area contributed by atoms with E-state index in [-0.39, 0.29) is 24.5 Å². The number of carbonyl (C=O) groups is 1. The number of anilines is 1. The fraction of sp³-hybridized carbons (Fsp3) is 0.417. The Hall–Kier alpha value is -2.30. The van der Waals surface area contributed by atoms with Crippen LogP contribution in [-0.4, -0.2) is 29.1 Å². The van der Waals surface area contributed by atoms with Gasteiger partial charge in [-0.3, -0.25) is 4.79 Å². The second-order valence-electron chi connectivity index (χ2n) is 4.45. The van der Waals surface area contributed by atoms with Gasteiger partial charge >= 0.3 is 12.1 Å². The third-order valence-corrected chi connectivity index (χ3v) is 3.12. The van der Waals surface area contributed by atoms with Gasteiger partial charge in [0, 0.05) is 13.1 Å². The number of halogens is 3. The van der Waals surface area contributed by atoms with E-state index in [9.17, 15) is 18.0 Å². The fourth-order valence-electron chi connectivity index (χ4n) is 2.09. The maximum Gasteiger partial charge on any atom is 0.433 e. The van der Waals surface area contributed by atoms with E-state index < -0.39 is 23.8 Å². The van der Waals surface area contributed by atoms with Gasteiger partial charge in [-0.25, -0.2) is 4.98 Å². The molecule has 0 amide bonds. The Morgan fingerprint density at radius 2 is 2.20 bits per heavy atom. The van der Waals surface area contributed by atoms with Crippen LogP contribution in [0.25, 0.3) is 0 Å². The summed E-state index contributed by atoms with van der Waals surface area (Å²) >= 11 is 0. The highest BCUT2D eigenvalue weighted by Crippen LogP contribution is 2.32. The first-order chi connectivity index (χ1) is 9.32. The molecule has 1 aliphatic heterocycles. The third kappa shape index (κ3) is 2.66. The molecule has 20 heavy (non-hydrogen) atoms. The van der Waals surface area contributed by atoms with E-state index in [0.29, 0.717) is 6.42 Å². The average Bonchev–Trinajstić information content (AvgIpc) is 2.86. The number of aromatic nitrogens is 1. The highest BCUT2D eigenvalue weighted by atomic mass is 19.4. The molecule has 1 unspecified atom stereocenters. The topological polar surface area (TPSA) is 77.2 Å². The quantitative estimate of drug-likeness (QED) is 0.897. The molecular formula is C12H10F3N3O2. The first-order valence-electron chi connectivity index (χ1n) is 5.79. The Balaban J connectivity index is 2.36. The zero-order valence-corrected chi connectivity index (χ0v) is 10.2. The minimum atomic E-state index is -4.60. The Morgan fingerprint density at radius 1 is 1.50 bits per heavy atom. The van der Waals surface area contributed by atoms with E-state index in [1.165, 1.54) is 4.90 Å². The molecule has 1 N–H and O–H groups in total. The van der Waals surface area contributed by atoms with Gasteiger partial charge in [0.05, 0.1) is 11.5 Å². The zero-order chi connectivity index (χ0) is 14.9. The second-order valence-corrected chi connectivity index (χ2v) is 4.45. The lowest BCUT2D eigenvalue weighted by Crippen LogP contribution is -2.25. The number of carboxylic acid groups (broad SMARTS) is 1. The molecule has 2 heterocycles. The molecule has 0 aromatic carbocycles. The first-order valence-corrected chi connectivity index (χ1v) is 5.79. The van der Waals surface area contributed by atoms with Crippen molar-refractivity contribution in [2.45, 2.75) is 12.6 Å². The summed E-state index contributed by atoms with van der Waals surface area (Å²) in [5.74, 6) is -1.76. The molecular weight excluding hydrogens is 275 g/mol. The van der Waals surface area contributed by atoms with Crippen LogP contribution in [0.4, 0.5) is 19.0 Å². The number of alkyl halides is 3. The predicted octanol–water partition coefficient (Wildman–Crippen LogP) is 1.88. The Bertz CT molecular complexity index is 580. The van der Waals surface area contributed by atoms with Gasteiger partial charge in [0.1, 0.15) is 17.6 Å². The van der Waals surface area contributed by atoms with Crippen LogP contribution in [0.2, 0.25) is 0 Å². The molecule has 8 heteroatoms. The van der Waals surface area contributed by atoms with Crippen LogP contribution in [0, 0.1) is 17.2 Å². The van der Waals surface area contributed by atoms with Crippen molar-refractivity contribution < 1.29 is 23.1 Å². The molecule has 1 aliphatic rings. The van der Waals surface area contributed by atoms with Crippen LogP contribution in [0.5, 0.6) is 0 Å². The van der Waals surface area contributed by atoms with Crippen molar-refractivity contribution >= 4 is 11.8 Å². The summed E-state index contributed by atoms with van der Waals surface area (Å²) in [6.07, 6.45) is -4.28. The molecule has 106 valence electrons. The number of rotatable bonds is 2. The summed E-state index contributed by atoms with van der Waals surface area (Å²) in [6.45, 7) is 0.318. The number of hydrogen-bond acceptors (Lipinski definition) is 4. The maximum absolute atomic E-state index is 12.6. The molecule has 0 bridgehead atoms. The molecule has 0 aliphatic carbocycles. The van der Waals surface area contributed by atoms with E-state index in [2.05, 4.69) is 4.98 Å². The third-order valence-electron chi connectivity index (χ3n) is 3.12. The van der Waals surface area contributed by atoms with Gasteiger partial charge in [-0.15, -0.1) is 0 Å². The zero-order valence-electron chi connectivity index (χ0n) is 10.2. The van der Waals surface area contributed by atoms with E-state index >= 15 is 0 Å². The summed E-state index contributed by atoms with van der Waals surface area (Å²) in [7, 11) is 0. The van der Waals surface area contributed by atoms with Crippen molar-refractivity contribution in [1.82, 2.24) is 4.98 Å². The Morgan fingerprint density at radius 3 is 2.70 bits per heavy atom. The van der Waals surface area contributed by atoms with Crippen LogP contribution in [0.1, 0.15) is 17.7 Å². The predicted molar refractivity (Wildman–Crippen MR) is 61.9 cm³/mol. The Kier molecular flexibility index (Phi) is 3.53. The number of hydrogen-bond donors (Lipinski definition) is 1. The summed E-state index contributed by atoms with van der Waals surface area (Å²) in [5.41, 5.74) is -1.09. The standard InChI is InChI=1S/C12H10F3N3O2/c13-12(14,15)9-2-1-7(5-16)10(17-9)18-4-3-8(6-18)11(19)20/h1-2,8H,3-4,6H2,(H,19,20). The van der Waals surface area contributed by atoms with Crippen molar-refractivity contribution in [3.05, 3.63) is 23.4 Å². The molecule has 1 fully saturated rings. The number of nitrogens with zero attached hydrogens (tertiary/aromatic N) is 3. The average molecular weight is 285 g/mol. The molecule has 1 atom stereocenters. The SMILES string of the molecule is N#Cc1ccc(C(F)(F)F)nc1N1CCC(C(=O)O)C1. The Labute approximate surface area is 112 Å². The van der Waals surface area contributed by atoms with Crippen LogP contribution in [-0.2, 0) is 11.0 Å². The molecule has 1 saturated heterocycles. The van der Waals surface area contributed by atoms with Crippen molar-refractivity contribution in [1.29, 1.82) is 5.26 Å². The van der Waals surface area contributed by atoms with Gasteiger partial charge in [-0.05, 0) is 18.6 Å². The second kappa shape index (κ2) is 5.00. The number of pyridine rings is 1. The van der Waals surface area contributed by atoms with Crippen molar-refractivity contribution in [2.75, 3.05) is 18.0 Å². The fourth-order valence-corrected chi connectivity index (χ4v) is 2.09. The van der Waals surface area contributed by atoms with Gasteiger partial charge < -0.3 is 10.0 Å². The number of carboxylic acids is 1. The summed E-state index contributed by atoms with van der Waals surface area (Å²) < 4.78 is 37.9. The molecule has 0 saturated carbocycles. The smallest absolute Gasteiger partial charge is 0.433 e. The summed E-state index contributed by atoms with van der Waals surface area (Å²) in [6, 6.07) is 3.57. The molecule has 0 radical (unpaired) electrons. The van der Waals surface area contributed by atoms with Gasteiger partial charge in [0.25, 0.3) is 0 Å². The van der Waals surface area contributed by atoms with E-state index in [1.54, 1.807) is 6.07 Å². The lowest BCUT2D eigenvalue weighted by Gasteiger charge is -2.19. The number of nitriles is 1. The monoisotopic (exact) mass is 285 g/mol. The van der Waals surface area contributed by atoms with Crippen molar-refractivity contribution in [2.24, 2.45) is 5.92 Å². The van der Waals surface area contributed by atoms with E-state index in [0.717, 1.165) is 12.1 Å². The van der Waals surface area contributed by atoms with Crippen LogP contribution >= 0.6 is 0 Å². The maximum atomic E-state index is 12.6. The van der Waals surface area contributed by atoms with E-state index in [4.69, 9.17) is 10.4 Å². The minimum absolute atomic E-state index is 0.00374. The van der Waals surface area contributed by atoms with Crippen molar-refractivity contribution in [3.63, 3.8) is 0 Å². The first kappa shape index (κ1) is 14.1. The van der Waals surface area contributed by atoms with Gasteiger partial charge in [0.2, 0.25) is 0 Å². The van der Waals surface area contributed by atoms with Crippen LogP contribution in [0.15, 0.2) is 12.1 Å². The van der Waals surface area contributed by atoms with E-state index in [1.807, 2.05) is 0 Å². The molecule has 1 aromatic heterocycles. The van der Waals surface area contributed by atoms with Gasteiger partial charge in [-0.1, -0.05) is 0 Å². The highest BCUT2D eigenvalue weighted by molar-refractivity contribution is 5.72. The highest BCUT2D eigenvalue weighted by Gasteiger charge is 2.35. The molecule has 5 nitrogen and oxygen atoms in total. The number of aliphatic carboxylic acids is 1. The van der Waals surface area contributed by atoms with Crippen LogP contribution < -0.4 is 4.90 Å². The van der Waals surface area contributed by atoms with Crippen molar-refractivity contribution in [3.8, 4) is 6.07 Å². The summed E-state index contributed by atoms with van der Waals surface area (Å²) in [5, 5.41) is 17.8. The lowest BCUT2D eigenvalue weighted by atomic mass is 10.1. The normalized spacial score (nSPS) is 18.9. The minimum Gasteiger partial charge on any atom is -0.481 e.